The fraction of sp³-hybridized carbons (Fsp3) is 0.812. The zero-order valence-corrected chi connectivity index (χ0v) is 16.3. The van der Waals surface area contributed by atoms with Crippen LogP contribution in [0.5, 0.6) is 0 Å². The van der Waals surface area contributed by atoms with Crippen molar-refractivity contribution in [3.63, 3.8) is 0 Å². The Morgan fingerprint density at radius 2 is 2.20 bits per heavy atom. The van der Waals surface area contributed by atoms with Gasteiger partial charge in [-0.25, -0.2) is 4.98 Å². The lowest BCUT2D eigenvalue weighted by Gasteiger charge is -2.30. The van der Waals surface area contributed by atoms with Crippen molar-refractivity contribution >= 4 is 29.4 Å². The van der Waals surface area contributed by atoms with E-state index in [9.17, 15) is 9.90 Å². The van der Waals surface area contributed by atoms with Crippen molar-refractivity contribution in [1.82, 2.24) is 20.5 Å². The van der Waals surface area contributed by atoms with Crippen molar-refractivity contribution in [1.29, 1.82) is 0 Å². The van der Waals surface area contributed by atoms with Crippen LogP contribution in [0.3, 0.4) is 0 Å². The van der Waals surface area contributed by atoms with Gasteiger partial charge in [0.05, 0.1) is 18.2 Å². The van der Waals surface area contributed by atoms with Crippen LogP contribution >= 0.6 is 23.5 Å². The van der Waals surface area contributed by atoms with E-state index in [4.69, 9.17) is 5.73 Å². The van der Waals surface area contributed by atoms with Crippen LogP contribution in [0.1, 0.15) is 38.5 Å². The van der Waals surface area contributed by atoms with Crippen LogP contribution < -0.4 is 11.1 Å². The second kappa shape index (κ2) is 11.1. The summed E-state index contributed by atoms with van der Waals surface area (Å²) in [5.41, 5.74) is 5.92. The molecule has 1 aliphatic carbocycles. The summed E-state index contributed by atoms with van der Waals surface area (Å²) in [6, 6.07) is -0.822. The minimum absolute atomic E-state index is 0.182. The third-order valence-corrected chi connectivity index (χ3v) is 6.24. The molecule has 2 rings (SSSR count). The average molecular weight is 388 g/mol. The summed E-state index contributed by atoms with van der Waals surface area (Å²) in [5.74, 6) is 1.40. The van der Waals surface area contributed by atoms with Crippen LogP contribution in [-0.2, 0) is 4.79 Å². The third-order valence-electron chi connectivity index (χ3n) is 4.57. The van der Waals surface area contributed by atoms with Gasteiger partial charge in [-0.2, -0.15) is 16.9 Å². The first-order chi connectivity index (χ1) is 12.1. The zero-order valence-electron chi connectivity index (χ0n) is 14.7. The van der Waals surface area contributed by atoms with E-state index in [1.165, 1.54) is 50.2 Å². The number of H-pyrrole nitrogens is 1. The van der Waals surface area contributed by atoms with E-state index in [1.54, 1.807) is 11.8 Å². The minimum Gasteiger partial charge on any atom is -0.390 e. The predicted molar refractivity (Wildman–Crippen MR) is 103 cm³/mol. The molecular formula is C16H29N5O2S2. The molecule has 0 unspecified atom stereocenters. The first-order valence-corrected chi connectivity index (χ1v) is 11.2. The lowest BCUT2D eigenvalue weighted by molar-refractivity contribution is -0.123. The lowest BCUT2D eigenvalue weighted by atomic mass is 9.84. The van der Waals surface area contributed by atoms with E-state index in [0.717, 1.165) is 6.42 Å². The molecule has 0 spiro atoms. The molecule has 5 N–H and O–H groups in total. The Morgan fingerprint density at radius 3 is 2.84 bits per heavy atom. The van der Waals surface area contributed by atoms with Crippen molar-refractivity contribution in [3.8, 4) is 0 Å². The summed E-state index contributed by atoms with van der Waals surface area (Å²) in [5, 5.41) is 20.9. The number of thioether (sulfide) groups is 2. The van der Waals surface area contributed by atoms with Gasteiger partial charge in [-0.1, -0.05) is 43.9 Å². The van der Waals surface area contributed by atoms with Gasteiger partial charge in [0.15, 0.2) is 5.16 Å². The summed E-state index contributed by atoms with van der Waals surface area (Å²) >= 11 is 2.95. The monoisotopic (exact) mass is 387 g/mol. The molecular weight excluding hydrogens is 358 g/mol. The van der Waals surface area contributed by atoms with Crippen LogP contribution in [-0.4, -0.2) is 62.1 Å². The predicted octanol–water partition coefficient (Wildman–Crippen LogP) is 1.40. The number of rotatable bonds is 10. The van der Waals surface area contributed by atoms with Crippen molar-refractivity contribution in [3.05, 3.63) is 6.33 Å². The fourth-order valence-corrected chi connectivity index (χ4v) is 4.49. The fourth-order valence-electron chi connectivity index (χ4n) is 3.18. The highest BCUT2D eigenvalue weighted by atomic mass is 32.2. The molecule has 9 heteroatoms. The number of carbonyl (C=O) groups excluding carboxylic acids is 1. The SMILES string of the molecule is CSC[C@H](N)C(=O)N[C@@H](CC1CCCCC1)[C@@H](O)CSc1ncn[nH]1. The molecule has 0 aromatic carbocycles. The molecule has 1 aromatic rings. The summed E-state index contributed by atoms with van der Waals surface area (Å²) in [6.07, 6.45) is 9.62. The van der Waals surface area contributed by atoms with Crippen LogP contribution in [0, 0.1) is 5.92 Å². The number of carbonyl (C=O) groups is 1. The molecule has 1 aliphatic rings. The van der Waals surface area contributed by atoms with Crippen LogP contribution in [0.25, 0.3) is 0 Å². The van der Waals surface area contributed by atoms with Gasteiger partial charge in [0.2, 0.25) is 5.91 Å². The summed E-state index contributed by atoms with van der Waals surface area (Å²) in [4.78, 5) is 16.4. The van der Waals surface area contributed by atoms with Gasteiger partial charge >= 0.3 is 0 Å². The molecule has 1 fully saturated rings. The topological polar surface area (TPSA) is 117 Å². The van der Waals surface area contributed by atoms with Gasteiger partial charge in [-0.15, -0.1) is 0 Å². The van der Waals surface area contributed by atoms with Crippen LogP contribution in [0.15, 0.2) is 11.5 Å². The lowest BCUT2D eigenvalue weighted by Crippen LogP contribution is -2.51. The van der Waals surface area contributed by atoms with E-state index >= 15 is 0 Å². The highest BCUT2D eigenvalue weighted by molar-refractivity contribution is 7.99. The third kappa shape index (κ3) is 7.16. The van der Waals surface area contributed by atoms with Gasteiger partial charge in [0, 0.05) is 11.5 Å². The Kier molecular flexibility index (Phi) is 9.08. The molecule has 1 aromatic heterocycles. The second-order valence-corrected chi connectivity index (χ2v) is 8.51. The number of aliphatic hydroxyl groups is 1. The normalized spacial score (nSPS) is 19.3. The number of hydrogen-bond donors (Lipinski definition) is 4. The van der Waals surface area contributed by atoms with Gasteiger partial charge < -0.3 is 16.2 Å². The van der Waals surface area contributed by atoms with Crippen molar-refractivity contribution in [2.75, 3.05) is 17.8 Å². The molecule has 0 saturated heterocycles. The quantitative estimate of drug-likeness (QED) is 0.448. The van der Waals surface area contributed by atoms with Gasteiger partial charge in [0.25, 0.3) is 0 Å². The highest BCUT2D eigenvalue weighted by Gasteiger charge is 2.28. The Bertz CT molecular complexity index is 497. The molecule has 0 radical (unpaired) electrons. The maximum absolute atomic E-state index is 12.3. The van der Waals surface area contributed by atoms with E-state index in [0.29, 0.717) is 22.6 Å². The number of aliphatic hydroxyl groups excluding tert-OH is 1. The van der Waals surface area contributed by atoms with Crippen LogP contribution in [0.2, 0.25) is 0 Å². The van der Waals surface area contributed by atoms with E-state index in [1.807, 2.05) is 6.26 Å². The maximum atomic E-state index is 12.3. The Hall–Kier alpha value is -0.770. The van der Waals surface area contributed by atoms with Gasteiger partial charge in [-0.05, 0) is 18.6 Å². The van der Waals surface area contributed by atoms with Crippen molar-refractivity contribution in [2.45, 2.75) is 61.9 Å². The Balaban J connectivity index is 1.92. The number of hydrogen-bond acceptors (Lipinski definition) is 7. The standard InChI is InChI=1S/C16H29N5O2S2/c1-24-8-12(17)15(23)20-13(7-11-5-3-2-4-6-11)14(22)9-25-16-18-10-19-21-16/h10-14,22H,2-9,17H2,1H3,(H,20,23)(H,18,19,21)/t12-,13-,14-/m0/s1. The van der Waals surface area contributed by atoms with Crippen molar-refractivity contribution in [2.24, 2.45) is 11.7 Å². The van der Waals surface area contributed by atoms with Gasteiger partial charge in [-0.3, -0.25) is 9.89 Å². The molecule has 142 valence electrons. The number of nitrogens with zero attached hydrogens (tertiary/aromatic N) is 2. The maximum Gasteiger partial charge on any atom is 0.238 e. The largest absolute Gasteiger partial charge is 0.390 e. The smallest absolute Gasteiger partial charge is 0.238 e. The highest BCUT2D eigenvalue weighted by Crippen LogP contribution is 2.28. The second-order valence-electron chi connectivity index (χ2n) is 6.59. The molecule has 0 bridgehead atoms. The molecule has 1 amide bonds. The van der Waals surface area contributed by atoms with E-state index in [-0.39, 0.29) is 11.9 Å². The average Bonchev–Trinajstić information content (AvgIpc) is 3.13. The first kappa shape index (κ1) is 20.5. The van der Waals surface area contributed by atoms with E-state index in [2.05, 4.69) is 20.5 Å². The molecule has 7 nitrogen and oxygen atoms in total. The summed E-state index contributed by atoms with van der Waals surface area (Å²) < 4.78 is 0. The van der Waals surface area contributed by atoms with Crippen LogP contribution in [0.4, 0.5) is 0 Å². The number of aromatic nitrogens is 3. The summed E-state index contributed by atoms with van der Waals surface area (Å²) in [6.45, 7) is 0. The number of nitrogens with one attached hydrogen (secondary N) is 2. The number of aromatic amines is 1. The number of amides is 1. The summed E-state index contributed by atoms with van der Waals surface area (Å²) in [7, 11) is 0. The Morgan fingerprint density at radius 1 is 1.44 bits per heavy atom. The molecule has 1 heterocycles. The van der Waals surface area contributed by atoms with Crippen molar-refractivity contribution < 1.29 is 9.90 Å². The Labute approximate surface area is 157 Å². The first-order valence-electron chi connectivity index (χ1n) is 8.81. The molecule has 3 atom stereocenters. The van der Waals surface area contributed by atoms with E-state index < -0.39 is 12.1 Å². The molecule has 1 saturated carbocycles. The van der Waals surface area contributed by atoms with Gasteiger partial charge in [0.1, 0.15) is 6.33 Å². The molecule has 0 aliphatic heterocycles. The molecule has 25 heavy (non-hydrogen) atoms. The minimum atomic E-state index is -0.651. The zero-order chi connectivity index (χ0) is 18.1. The number of nitrogens with two attached hydrogens (primary N) is 1.